The van der Waals surface area contributed by atoms with Crippen molar-refractivity contribution in [3.05, 3.63) is 58.6 Å². The number of rotatable bonds is 5. The summed E-state index contributed by atoms with van der Waals surface area (Å²) in [6.07, 6.45) is 1.36. The zero-order chi connectivity index (χ0) is 21.7. The molecule has 0 fully saturated rings. The van der Waals surface area contributed by atoms with E-state index in [1.54, 1.807) is 25.6 Å². The molecule has 4 nitrogen and oxygen atoms in total. The highest BCUT2D eigenvalue weighted by molar-refractivity contribution is 7.17. The van der Waals surface area contributed by atoms with E-state index in [-0.39, 0.29) is 5.78 Å². The molecule has 5 rings (SSSR count). The first-order valence-electron chi connectivity index (χ1n) is 10.6. The van der Waals surface area contributed by atoms with Gasteiger partial charge in [-0.05, 0) is 42.5 Å². The van der Waals surface area contributed by atoms with Gasteiger partial charge in [0.05, 0.1) is 25.5 Å². The standard InChI is InChI=1S/C26H25NO3S/c1-5-20(28)25-24(19-14-31-23-9-7-6-8-17(19)23)15(2)27-11-10-16-12-21(29-3)22(30-4)13-18(16)26(25)27/h6-9,12-14H,5,10-11H2,1-4H3. The monoisotopic (exact) mass is 431 g/mol. The van der Waals surface area contributed by atoms with Crippen molar-refractivity contribution in [3.8, 4) is 33.9 Å². The van der Waals surface area contributed by atoms with Gasteiger partial charge in [-0.1, -0.05) is 25.1 Å². The second kappa shape index (κ2) is 7.57. The maximum atomic E-state index is 13.4. The van der Waals surface area contributed by atoms with Gasteiger partial charge in [0.1, 0.15) is 0 Å². The van der Waals surface area contributed by atoms with E-state index >= 15 is 0 Å². The molecule has 0 unspecified atom stereocenters. The number of benzene rings is 2. The number of methoxy groups -OCH3 is 2. The number of fused-ring (bicyclic) bond motifs is 4. The molecule has 0 bridgehead atoms. The van der Waals surface area contributed by atoms with Crippen LogP contribution in [-0.4, -0.2) is 24.6 Å². The van der Waals surface area contributed by atoms with E-state index in [9.17, 15) is 4.79 Å². The van der Waals surface area contributed by atoms with Crippen LogP contribution in [0, 0.1) is 6.92 Å². The fourth-order valence-corrected chi connectivity index (χ4v) is 5.78. The summed E-state index contributed by atoms with van der Waals surface area (Å²) in [4.78, 5) is 13.4. The lowest BCUT2D eigenvalue weighted by molar-refractivity contribution is 0.0989. The highest BCUT2D eigenvalue weighted by atomic mass is 32.1. The predicted molar refractivity (Wildman–Crippen MR) is 127 cm³/mol. The summed E-state index contributed by atoms with van der Waals surface area (Å²) in [5.74, 6) is 1.58. The molecule has 158 valence electrons. The number of nitrogens with zero attached hydrogens (tertiary/aromatic N) is 1. The molecule has 5 heteroatoms. The van der Waals surface area contributed by atoms with Gasteiger partial charge in [-0.15, -0.1) is 11.3 Å². The summed E-state index contributed by atoms with van der Waals surface area (Å²) in [5.41, 5.74) is 7.47. The first-order valence-corrected chi connectivity index (χ1v) is 11.4. The van der Waals surface area contributed by atoms with Crippen molar-refractivity contribution in [2.45, 2.75) is 33.2 Å². The average Bonchev–Trinajstić information content (AvgIpc) is 3.36. The summed E-state index contributed by atoms with van der Waals surface area (Å²) >= 11 is 1.73. The normalized spacial score (nSPS) is 12.5. The molecule has 0 saturated heterocycles. The summed E-state index contributed by atoms with van der Waals surface area (Å²) in [6.45, 7) is 4.93. The molecule has 1 aliphatic heterocycles. The number of Topliss-reactive ketones (excluding diaryl/α,β-unsaturated/α-hetero) is 1. The molecule has 0 radical (unpaired) electrons. The third kappa shape index (κ3) is 2.91. The van der Waals surface area contributed by atoms with Gasteiger partial charge < -0.3 is 14.0 Å². The average molecular weight is 432 g/mol. The van der Waals surface area contributed by atoms with E-state index < -0.39 is 0 Å². The number of aromatic nitrogens is 1. The van der Waals surface area contributed by atoms with Crippen LogP contribution in [0.5, 0.6) is 11.5 Å². The SMILES string of the molecule is CCC(=O)c1c(-c2csc3ccccc23)c(C)n2c1-c1cc(OC)c(OC)cc1CC2. The fraction of sp³-hybridized carbons (Fsp3) is 0.269. The first kappa shape index (κ1) is 19.9. The zero-order valence-electron chi connectivity index (χ0n) is 18.2. The minimum atomic E-state index is 0.171. The number of aryl methyl sites for hydroxylation is 1. The Bertz CT molecular complexity index is 1330. The van der Waals surface area contributed by atoms with Crippen LogP contribution < -0.4 is 9.47 Å². The van der Waals surface area contributed by atoms with E-state index in [4.69, 9.17) is 9.47 Å². The van der Waals surface area contributed by atoms with Gasteiger partial charge >= 0.3 is 0 Å². The molecule has 0 atom stereocenters. The number of hydrogen-bond donors (Lipinski definition) is 0. The lowest BCUT2D eigenvalue weighted by Gasteiger charge is -2.23. The van der Waals surface area contributed by atoms with E-state index in [2.05, 4.69) is 47.2 Å². The van der Waals surface area contributed by atoms with E-state index in [1.165, 1.54) is 15.6 Å². The zero-order valence-corrected chi connectivity index (χ0v) is 19.1. The smallest absolute Gasteiger partial charge is 0.165 e. The van der Waals surface area contributed by atoms with Crippen molar-refractivity contribution >= 4 is 27.2 Å². The molecule has 0 amide bonds. The molecule has 4 aromatic rings. The number of hydrogen-bond acceptors (Lipinski definition) is 4. The molecular formula is C26H25NO3S. The summed E-state index contributed by atoms with van der Waals surface area (Å²) < 4.78 is 14.7. The van der Waals surface area contributed by atoms with Gasteiger partial charge in [-0.3, -0.25) is 4.79 Å². The molecular weight excluding hydrogens is 406 g/mol. The molecule has 0 aliphatic carbocycles. The quantitative estimate of drug-likeness (QED) is 0.338. The Morgan fingerprint density at radius 3 is 2.58 bits per heavy atom. The number of ketones is 1. The second-order valence-corrected chi connectivity index (χ2v) is 8.78. The minimum Gasteiger partial charge on any atom is -0.493 e. The van der Waals surface area contributed by atoms with E-state index in [0.29, 0.717) is 12.2 Å². The summed E-state index contributed by atoms with van der Waals surface area (Å²) in [5, 5.41) is 3.40. The summed E-state index contributed by atoms with van der Waals surface area (Å²) in [7, 11) is 3.31. The van der Waals surface area contributed by atoms with E-state index in [0.717, 1.165) is 52.4 Å². The maximum absolute atomic E-state index is 13.4. The Morgan fingerprint density at radius 2 is 1.84 bits per heavy atom. The molecule has 0 saturated carbocycles. The molecule has 1 aliphatic rings. The third-order valence-electron chi connectivity index (χ3n) is 6.34. The van der Waals surface area contributed by atoms with Crippen LogP contribution in [0.25, 0.3) is 32.5 Å². The molecule has 2 aromatic carbocycles. The van der Waals surface area contributed by atoms with Crippen molar-refractivity contribution < 1.29 is 14.3 Å². The number of thiophene rings is 1. The maximum Gasteiger partial charge on any atom is 0.165 e. The largest absolute Gasteiger partial charge is 0.493 e. The highest BCUT2D eigenvalue weighted by Gasteiger charge is 2.31. The van der Waals surface area contributed by atoms with Crippen LogP contribution in [0.3, 0.4) is 0 Å². The van der Waals surface area contributed by atoms with Crippen molar-refractivity contribution in [2.75, 3.05) is 14.2 Å². The molecule has 2 aromatic heterocycles. The molecule has 31 heavy (non-hydrogen) atoms. The predicted octanol–water partition coefficient (Wildman–Crippen LogP) is 6.51. The van der Waals surface area contributed by atoms with Gasteiger partial charge in [0.2, 0.25) is 0 Å². The number of carbonyl (C=O) groups excluding carboxylic acids is 1. The molecule has 3 heterocycles. The van der Waals surface area contributed by atoms with Crippen molar-refractivity contribution in [2.24, 2.45) is 0 Å². The van der Waals surface area contributed by atoms with Gasteiger partial charge in [-0.2, -0.15) is 0 Å². The van der Waals surface area contributed by atoms with Crippen LogP contribution in [0.2, 0.25) is 0 Å². The fourth-order valence-electron chi connectivity index (χ4n) is 4.83. The number of ether oxygens (including phenoxy) is 2. The Hall–Kier alpha value is -3.05. The topological polar surface area (TPSA) is 40.5 Å². The lowest BCUT2D eigenvalue weighted by Crippen LogP contribution is -2.14. The first-order chi connectivity index (χ1) is 15.1. The molecule has 0 spiro atoms. The number of carbonyl (C=O) groups is 1. The van der Waals surface area contributed by atoms with Crippen LogP contribution >= 0.6 is 11.3 Å². The van der Waals surface area contributed by atoms with Crippen LogP contribution in [-0.2, 0) is 13.0 Å². The Labute approximate surface area is 186 Å². The minimum absolute atomic E-state index is 0.171. The van der Waals surface area contributed by atoms with Crippen molar-refractivity contribution in [1.29, 1.82) is 0 Å². The van der Waals surface area contributed by atoms with Gasteiger partial charge in [-0.25, -0.2) is 0 Å². The van der Waals surface area contributed by atoms with Crippen LogP contribution in [0.1, 0.15) is 35.0 Å². The van der Waals surface area contributed by atoms with Crippen LogP contribution in [0.4, 0.5) is 0 Å². The lowest BCUT2D eigenvalue weighted by atomic mass is 9.91. The van der Waals surface area contributed by atoms with Gasteiger partial charge in [0.25, 0.3) is 0 Å². The summed E-state index contributed by atoms with van der Waals surface area (Å²) in [6, 6.07) is 12.5. The van der Waals surface area contributed by atoms with Gasteiger partial charge in [0, 0.05) is 45.4 Å². The van der Waals surface area contributed by atoms with Crippen LogP contribution in [0.15, 0.2) is 41.8 Å². The molecule has 0 N–H and O–H groups in total. The Kier molecular flexibility index (Phi) is 4.86. The van der Waals surface area contributed by atoms with E-state index in [1.807, 2.05) is 13.0 Å². The van der Waals surface area contributed by atoms with Crippen molar-refractivity contribution in [3.63, 3.8) is 0 Å². The van der Waals surface area contributed by atoms with Crippen molar-refractivity contribution in [1.82, 2.24) is 4.57 Å². The second-order valence-electron chi connectivity index (χ2n) is 7.87. The third-order valence-corrected chi connectivity index (χ3v) is 7.31. The Morgan fingerprint density at radius 1 is 1.10 bits per heavy atom. The Balaban J connectivity index is 1.85. The highest BCUT2D eigenvalue weighted by Crippen LogP contribution is 2.47. The van der Waals surface area contributed by atoms with Gasteiger partial charge in [0.15, 0.2) is 17.3 Å².